The van der Waals surface area contributed by atoms with Gasteiger partial charge in [-0.2, -0.15) is 0 Å². The van der Waals surface area contributed by atoms with Crippen molar-refractivity contribution in [2.75, 3.05) is 6.61 Å². The third kappa shape index (κ3) is 3.92. The van der Waals surface area contributed by atoms with E-state index in [0.29, 0.717) is 11.1 Å². The van der Waals surface area contributed by atoms with Crippen molar-refractivity contribution in [3.8, 4) is 16.9 Å². The first-order valence-electron chi connectivity index (χ1n) is 10.3. The fourth-order valence-corrected chi connectivity index (χ4v) is 4.84. The molecule has 0 bridgehead atoms. The highest BCUT2D eigenvalue weighted by Gasteiger charge is 2.28. The van der Waals surface area contributed by atoms with Gasteiger partial charge in [-0.1, -0.05) is 55.5 Å². The molecule has 7 heteroatoms. The highest BCUT2D eigenvalue weighted by molar-refractivity contribution is 7.17. The number of carboxylic acids is 1. The minimum absolute atomic E-state index is 0.00135. The number of aliphatic hydroxyl groups is 1. The number of hydrogen-bond donors (Lipinski definition) is 4. The van der Waals surface area contributed by atoms with Crippen molar-refractivity contribution in [3.63, 3.8) is 0 Å². The molecule has 0 aliphatic heterocycles. The van der Waals surface area contributed by atoms with E-state index < -0.39 is 11.8 Å². The number of aryl methyl sites for hydroxylation is 1. The first-order valence-corrected chi connectivity index (χ1v) is 11.1. The summed E-state index contributed by atoms with van der Waals surface area (Å²) in [6.45, 7) is 2.10. The third-order valence-electron chi connectivity index (χ3n) is 5.61. The normalized spacial score (nSPS) is 12.2. The number of hydrogen-bond acceptors (Lipinski definition) is 5. The van der Waals surface area contributed by atoms with E-state index in [1.165, 1.54) is 0 Å². The quantitative estimate of drug-likeness (QED) is 0.280. The standard InChI is InChI=1S/C25H23NO5S/c1-14(13-27)10-11-16-8-5-9-17-18(12-26-20(16)17)21(28)24-22(29)19(23(32-24)25(30)31)15-6-3-2-4-7-15/h2-9,12,14,26-27,29H,10-11,13H2,1H3,(H,30,31). The summed E-state index contributed by atoms with van der Waals surface area (Å²) in [6, 6.07) is 14.4. The third-order valence-corrected chi connectivity index (χ3v) is 6.78. The molecular weight excluding hydrogens is 426 g/mol. The molecule has 2 aromatic carbocycles. The summed E-state index contributed by atoms with van der Waals surface area (Å²) in [5.41, 5.74) is 2.94. The van der Waals surface area contributed by atoms with Crippen LogP contribution in [-0.4, -0.2) is 38.7 Å². The molecule has 4 rings (SSSR count). The van der Waals surface area contributed by atoms with Crippen LogP contribution in [0.3, 0.4) is 0 Å². The number of rotatable bonds is 8. The molecule has 0 aliphatic rings. The fraction of sp³-hybridized carbons (Fsp3) is 0.200. The minimum Gasteiger partial charge on any atom is -0.506 e. The van der Waals surface area contributed by atoms with Crippen LogP contribution in [0.25, 0.3) is 22.0 Å². The van der Waals surface area contributed by atoms with E-state index in [-0.39, 0.29) is 33.6 Å². The number of aromatic carboxylic acids is 1. The van der Waals surface area contributed by atoms with E-state index in [0.717, 1.165) is 40.6 Å². The molecule has 4 aromatic rings. The summed E-state index contributed by atoms with van der Waals surface area (Å²) in [7, 11) is 0. The Hall–Kier alpha value is -3.42. The molecule has 2 aromatic heterocycles. The molecule has 0 saturated heterocycles. The molecule has 4 N–H and O–H groups in total. The van der Waals surface area contributed by atoms with Gasteiger partial charge in [-0.05, 0) is 29.9 Å². The molecule has 0 fully saturated rings. The van der Waals surface area contributed by atoms with E-state index in [1.54, 1.807) is 36.5 Å². The summed E-state index contributed by atoms with van der Waals surface area (Å²) in [4.78, 5) is 28.3. The molecule has 0 spiro atoms. The van der Waals surface area contributed by atoms with Crippen molar-refractivity contribution in [3.05, 3.63) is 75.6 Å². The monoisotopic (exact) mass is 449 g/mol. The lowest BCUT2D eigenvalue weighted by molar-refractivity contribution is 0.0702. The zero-order valence-corrected chi connectivity index (χ0v) is 18.3. The number of carbonyl (C=O) groups is 2. The zero-order valence-electron chi connectivity index (χ0n) is 17.5. The van der Waals surface area contributed by atoms with Gasteiger partial charge in [-0.3, -0.25) is 4.79 Å². The van der Waals surface area contributed by atoms with Gasteiger partial charge in [0, 0.05) is 34.8 Å². The lowest BCUT2D eigenvalue weighted by Gasteiger charge is -2.08. The predicted molar refractivity (Wildman–Crippen MR) is 125 cm³/mol. The molecule has 1 unspecified atom stereocenters. The summed E-state index contributed by atoms with van der Waals surface area (Å²) in [5.74, 6) is -1.76. The van der Waals surface area contributed by atoms with E-state index in [4.69, 9.17) is 0 Å². The van der Waals surface area contributed by atoms with Crippen molar-refractivity contribution >= 4 is 34.0 Å². The van der Waals surface area contributed by atoms with Crippen LogP contribution in [0, 0.1) is 5.92 Å². The van der Waals surface area contributed by atoms with Crippen molar-refractivity contribution in [2.45, 2.75) is 19.8 Å². The molecule has 0 radical (unpaired) electrons. The van der Waals surface area contributed by atoms with Crippen LogP contribution in [0.15, 0.2) is 54.7 Å². The lowest BCUT2D eigenvalue weighted by Crippen LogP contribution is -2.02. The Kier molecular flexibility index (Phi) is 6.12. The lowest BCUT2D eigenvalue weighted by atomic mass is 9.98. The molecule has 2 heterocycles. The van der Waals surface area contributed by atoms with E-state index in [9.17, 15) is 24.9 Å². The number of carboxylic acid groups (broad SMARTS) is 1. The van der Waals surface area contributed by atoms with E-state index in [1.807, 2.05) is 25.1 Å². The smallest absolute Gasteiger partial charge is 0.346 e. The van der Waals surface area contributed by atoms with E-state index >= 15 is 0 Å². The first-order chi connectivity index (χ1) is 15.4. The number of carbonyl (C=O) groups excluding carboxylic acids is 1. The average molecular weight is 450 g/mol. The van der Waals surface area contributed by atoms with Gasteiger partial charge in [0.15, 0.2) is 0 Å². The second kappa shape index (κ2) is 8.98. The number of aromatic amines is 1. The van der Waals surface area contributed by atoms with Crippen molar-refractivity contribution in [2.24, 2.45) is 5.92 Å². The number of aromatic hydroxyl groups is 1. The first kappa shape index (κ1) is 21.8. The molecule has 32 heavy (non-hydrogen) atoms. The number of fused-ring (bicyclic) bond motifs is 1. The molecule has 164 valence electrons. The number of thiophene rings is 1. The minimum atomic E-state index is -1.19. The van der Waals surface area contributed by atoms with Gasteiger partial charge in [0.1, 0.15) is 15.5 Å². The molecule has 0 saturated carbocycles. The number of H-pyrrole nitrogens is 1. The van der Waals surface area contributed by atoms with Crippen molar-refractivity contribution < 1.29 is 24.9 Å². The van der Waals surface area contributed by atoms with Crippen molar-refractivity contribution in [1.82, 2.24) is 4.98 Å². The van der Waals surface area contributed by atoms with Crippen LogP contribution in [0.4, 0.5) is 0 Å². The largest absolute Gasteiger partial charge is 0.506 e. The average Bonchev–Trinajstić information content (AvgIpc) is 3.39. The van der Waals surface area contributed by atoms with Crippen LogP contribution in [-0.2, 0) is 6.42 Å². The molecular formula is C25H23NO5S. The Bertz CT molecular complexity index is 1290. The second-order valence-electron chi connectivity index (χ2n) is 7.85. The van der Waals surface area contributed by atoms with Gasteiger partial charge < -0.3 is 20.3 Å². The van der Waals surface area contributed by atoms with Crippen LogP contribution >= 0.6 is 11.3 Å². The zero-order chi connectivity index (χ0) is 22.8. The van der Waals surface area contributed by atoms with E-state index in [2.05, 4.69) is 4.98 Å². The van der Waals surface area contributed by atoms with Crippen LogP contribution in [0.2, 0.25) is 0 Å². The maximum Gasteiger partial charge on any atom is 0.346 e. The van der Waals surface area contributed by atoms with Gasteiger partial charge in [0.05, 0.1) is 0 Å². The number of aliphatic hydroxyl groups excluding tert-OH is 1. The topological polar surface area (TPSA) is 111 Å². The number of para-hydroxylation sites is 1. The number of ketones is 1. The Morgan fingerprint density at radius 1 is 1.06 bits per heavy atom. The molecule has 1 atom stereocenters. The molecule has 6 nitrogen and oxygen atoms in total. The summed E-state index contributed by atoms with van der Waals surface area (Å²) in [5, 5.41) is 30.5. The second-order valence-corrected chi connectivity index (χ2v) is 8.87. The number of benzene rings is 2. The summed E-state index contributed by atoms with van der Waals surface area (Å²) >= 11 is 0.785. The van der Waals surface area contributed by atoms with Gasteiger partial charge in [0.25, 0.3) is 0 Å². The number of aromatic nitrogens is 1. The SMILES string of the molecule is CC(CO)CCc1cccc2c(C(=O)c3sc(C(=O)O)c(-c4ccccc4)c3O)c[nH]c12. The summed E-state index contributed by atoms with van der Waals surface area (Å²) in [6.07, 6.45) is 3.17. The predicted octanol–water partition coefficient (Wildman–Crippen LogP) is 5.09. The molecule has 0 amide bonds. The van der Waals surface area contributed by atoms with Gasteiger partial charge >= 0.3 is 5.97 Å². The Morgan fingerprint density at radius 3 is 2.50 bits per heavy atom. The van der Waals surface area contributed by atoms with Crippen LogP contribution in [0.1, 0.15) is 43.8 Å². The van der Waals surface area contributed by atoms with Gasteiger partial charge in [0.2, 0.25) is 5.78 Å². The fourth-order valence-electron chi connectivity index (χ4n) is 3.83. The number of nitrogens with one attached hydrogen (secondary N) is 1. The van der Waals surface area contributed by atoms with Gasteiger partial charge in [-0.15, -0.1) is 11.3 Å². The van der Waals surface area contributed by atoms with Crippen LogP contribution < -0.4 is 0 Å². The summed E-state index contributed by atoms with van der Waals surface area (Å²) < 4.78 is 0. The Balaban J connectivity index is 1.76. The van der Waals surface area contributed by atoms with Crippen molar-refractivity contribution in [1.29, 1.82) is 0 Å². The highest BCUT2D eigenvalue weighted by atomic mass is 32.1. The maximum absolute atomic E-state index is 13.4. The maximum atomic E-state index is 13.4. The Morgan fingerprint density at radius 2 is 1.81 bits per heavy atom. The van der Waals surface area contributed by atoms with Gasteiger partial charge in [-0.25, -0.2) is 4.79 Å². The molecule has 0 aliphatic carbocycles. The van der Waals surface area contributed by atoms with Crippen LogP contribution in [0.5, 0.6) is 5.75 Å². The Labute approximate surface area is 188 Å². The highest BCUT2D eigenvalue weighted by Crippen LogP contribution is 2.43.